The number of piperidine rings is 2. The zero-order valence-electron chi connectivity index (χ0n) is 21.3. The number of hydrogen-bond donors (Lipinski definition) is 1. The lowest BCUT2D eigenvalue weighted by Crippen LogP contribution is -2.50. The second-order valence-corrected chi connectivity index (χ2v) is 10.4. The first-order chi connectivity index (χ1) is 17.4. The molecule has 0 unspecified atom stereocenters. The predicted octanol–water partition coefficient (Wildman–Crippen LogP) is 5.64. The second kappa shape index (κ2) is 12.7. The van der Waals surface area contributed by atoms with Crippen LogP contribution in [-0.2, 0) is 0 Å². The number of nitrogens with zero attached hydrogens (tertiary/aromatic N) is 2. The summed E-state index contributed by atoms with van der Waals surface area (Å²) in [7, 11) is 0. The number of hydrogen-bond acceptors (Lipinski definition) is 4. The lowest BCUT2D eigenvalue weighted by molar-refractivity contribution is 0.0495. The Bertz CT molecular complexity index is 1030. The minimum Gasteiger partial charge on any atom is -0.490 e. The van der Waals surface area contributed by atoms with E-state index in [0.29, 0.717) is 11.7 Å². The summed E-state index contributed by atoms with van der Waals surface area (Å²) in [6.07, 6.45) is 8.61. The standard InChI is InChI=1S/C29H37ClFN3O2/c1-21(2)34(29(35)23-7-10-28(31)27(30)20-23)24-13-18-33(19-14-24)17-3-4-22-5-8-25(9-6-22)36-26-11-15-32-16-12-26/h3-10,20-21,24,26,32H,11-19H2,1-2H3/b4-3+. The first kappa shape index (κ1) is 26.6. The third kappa shape index (κ3) is 7.09. The molecule has 4 rings (SSSR count). The Kier molecular flexibility index (Phi) is 9.41. The molecular formula is C29H37ClFN3O2. The maximum Gasteiger partial charge on any atom is 0.254 e. The van der Waals surface area contributed by atoms with Gasteiger partial charge in [-0.15, -0.1) is 0 Å². The van der Waals surface area contributed by atoms with Gasteiger partial charge in [-0.2, -0.15) is 0 Å². The normalized spacial score (nSPS) is 18.1. The SMILES string of the molecule is CC(C)N(C(=O)c1ccc(F)c(Cl)c1)C1CCN(C/C=C/c2ccc(OC3CCNCC3)cc2)CC1. The number of amides is 1. The zero-order chi connectivity index (χ0) is 25.5. The molecule has 1 amide bonds. The van der Waals surface area contributed by atoms with E-state index in [9.17, 15) is 9.18 Å². The van der Waals surface area contributed by atoms with Gasteiger partial charge >= 0.3 is 0 Å². The molecule has 7 heteroatoms. The Hall–Kier alpha value is -2.41. The molecule has 0 spiro atoms. The Morgan fingerprint density at radius 1 is 1.14 bits per heavy atom. The van der Waals surface area contributed by atoms with Gasteiger partial charge in [0.1, 0.15) is 17.7 Å². The van der Waals surface area contributed by atoms with Crippen LogP contribution in [0.25, 0.3) is 6.08 Å². The van der Waals surface area contributed by atoms with Crippen molar-refractivity contribution in [2.45, 2.75) is 57.7 Å². The highest BCUT2D eigenvalue weighted by molar-refractivity contribution is 6.31. The van der Waals surface area contributed by atoms with Crippen LogP contribution < -0.4 is 10.1 Å². The van der Waals surface area contributed by atoms with Crippen molar-refractivity contribution in [2.75, 3.05) is 32.7 Å². The number of likely N-dealkylation sites (tertiary alicyclic amines) is 1. The van der Waals surface area contributed by atoms with Gasteiger partial charge in [0.05, 0.1) is 5.02 Å². The molecule has 0 aliphatic carbocycles. The Labute approximate surface area is 219 Å². The van der Waals surface area contributed by atoms with E-state index in [-0.39, 0.29) is 23.0 Å². The first-order valence-corrected chi connectivity index (χ1v) is 13.4. The average Bonchev–Trinajstić information content (AvgIpc) is 2.88. The van der Waals surface area contributed by atoms with Crippen LogP contribution in [0.5, 0.6) is 5.75 Å². The average molecular weight is 514 g/mol. The van der Waals surface area contributed by atoms with E-state index in [4.69, 9.17) is 16.3 Å². The number of halogens is 2. The van der Waals surface area contributed by atoms with Gasteiger partial charge in [-0.05, 0) is 88.5 Å². The van der Waals surface area contributed by atoms with Gasteiger partial charge in [0.25, 0.3) is 5.91 Å². The summed E-state index contributed by atoms with van der Waals surface area (Å²) in [5.74, 6) is 0.346. The van der Waals surface area contributed by atoms with E-state index in [1.54, 1.807) is 0 Å². The van der Waals surface area contributed by atoms with Gasteiger partial charge in [0, 0.05) is 37.3 Å². The summed E-state index contributed by atoms with van der Waals surface area (Å²) in [6, 6.07) is 12.7. The molecular weight excluding hydrogens is 477 g/mol. The van der Waals surface area contributed by atoms with E-state index in [2.05, 4.69) is 46.6 Å². The minimum atomic E-state index is -0.507. The molecule has 2 fully saturated rings. The smallest absolute Gasteiger partial charge is 0.254 e. The molecule has 194 valence electrons. The monoisotopic (exact) mass is 513 g/mol. The Balaban J connectivity index is 1.26. The molecule has 1 N–H and O–H groups in total. The van der Waals surface area contributed by atoms with Crippen molar-refractivity contribution in [1.29, 1.82) is 0 Å². The summed E-state index contributed by atoms with van der Waals surface area (Å²) in [5, 5.41) is 3.34. The predicted molar refractivity (Wildman–Crippen MR) is 144 cm³/mol. The van der Waals surface area contributed by atoms with Crippen molar-refractivity contribution in [3.8, 4) is 5.75 Å². The van der Waals surface area contributed by atoms with Gasteiger partial charge in [-0.25, -0.2) is 4.39 Å². The number of carbonyl (C=O) groups excluding carboxylic acids is 1. The summed E-state index contributed by atoms with van der Waals surface area (Å²) < 4.78 is 19.6. The van der Waals surface area contributed by atoms with Crippen LogP contribution in [0.1, 0.15) is 55.5 Å². The van der Waals surface area contributed by atoms with E-state index in [1.165, 1.54) is 18.2 Å². The summed E-state index contributed by atoms with van der Waals surface area (Å²) in [5.41, 5.74) is 1.60. The van der Waals surface area contributed by atoms with Crippen LogP contribution in [0.2, 0.25) is 5.02 Å². The van der Waals surface area contributed by atoms with E-state index in [1.807, 2.05) is 18.7 Å². The number of rotatable bonds is 8. The lowest BCUT2D eigenvalue weighted by atomic mass is 10.00. The second-order valence-electron chi connectivity index (χ2n) is 10.0. The Morgan fingerprint density at radius 3 is 2.47 bits per heavy atom. The highest BCUT2D eigenvalue weighted by Gasteiger charge is 2.30. The third-order valence-electron chi connectivity index (χ3n) is 7.05. The molecule has 0 aromatic heterocycles. The number of nitrogens with one attached hydrogen (secondary N) is 1. The van der Waals surface area contributed by atoms with Crippen molar-refractivity contribution < 1.29 is 13.9 Å². The summed E-state index contributed by atoms with van der Waals surface area (Å²) in [4.78, 5) is 17.6. The maximum atomic E-state index is 13.6. The van der Waals surface area contributed by atoms with Gasteiger partial charge < -0.3 is 15.0 Å². The number of benzene rings is 2. The van der Waals surface area contributed by atoms with Crippen LogP contribution in [0.15, 0.2) is 48.5 Å². The molecule has 2 aromatic rings. The fourth-order valence-electron chi connectivity index (χ4n) is 5.08. The van der Waals surface area contributed by atoms with Crippen LogP contribution >= 0.6 is 11.6 Å². The minimum absolute atomic E-state index is 0.0184. The van der Waals surface area contributed by atoms with E-state index in [0.717, 1.165) is 69.7 Å². The molecule has 36 heavy (non-hydrogen) atoms. The van der Waals surface area contributed by atoms with Crippen LogP contribution in [0, 0.1) is 5.82 Å². The van der Waals surface area contributed by atoms with Crippen LogP contribution in [0.4, 0.5) is 4.39 Å². The highest BCUT2D eigenvalue weighted by Crippen LogP contribution is 2.24. The maximum absolute atomic E-state index is 13.6. The Morgan fingerprint density at radius 2 is 1.83 bits per heavy atom. The van der Waals surface area contributed by atoms with Gasteiger partial charge in [-0.1, -0.05) is 35.9 Å². The van der Waals surface area contributed by atoms with E-state index >= 15 is 0 Å². The topological polar surface area (TPSA) is 44.8 Å². The van der Waals surface area contributed by atoms with Gasteiger partial charge in [0.15, 0.2) is 0 Å². The van der Waals surface area contributed by atoms with Crippen molar-refractivity contribution in [3.05, 3.63) is 70.5 Å². The van der Waals surface area contributed by atoms with Crippen molar-refractivity contribution >= 4 is 23.6 Å². The molecule has 0 saturated carbocycles. The summed E-state index contributed by atoms with van der Waals surface area (Å²) in [6.45, 7) is 8.84. The van der Waals surface area contributed by atoms with Crippen molar-refractivity contribution in [1.82, 2.24) is 15.1 Å². The molecule has 0 radical (unpaired) electrons. The fourth-order valence-corrected chi connectivity index (χ4v) is 5.26. The van der Waals surface area contributed by atoms with E-state index < -0.39 is 5.82 Å². The molecule has 2 aliphatic rings. The van der Waals surface area contributed by atoms with Crippen molar-refractivity contribution in [3.63, 3.8) is 0 Å². The molecule has 2 saturated heterocycles. The van der Waals surface area contributed by atoms with Crippen LogP contribution in [-0.4, -0.2) is 66.6 Å². The van der Waals surface area contributed by atoms with Crippen LogP contribution in [0.3, 0.4) is 0 Å². The quantitative estimate of drug-likeness (QED) is 0.496. The molecule has 5 nitrogen and oxygen atoms in total. The third-order valence-corrected chi connectivity index (χ3v) is 7.34. The largest absolute Gasteiger partial charge is 0.490 e. The van der Waals surface area contributed by atoms with Crippen molar-refractivity contribution in [2.24, 2.45) is 0 Å². The first-order valence-electron chi connectivity index (χ1n) is 13.0. The zero-order valence-corrected chi connectivity index (χ0v) is 22.0. The fraction of sp³-hybridized carbons (Fsp3) is 0.483. The number of carbonyl (C=O) groups is 1. The van der Waals surface area contributed by atoms with Gasteiger partial charge in [-0.3, -0.25) is 9.69 Å². The molecule has 2 aromatic carbocycles. The number of ether oxygens (including phenoxy) is 1. The molecule has 2 heterocycles. The van der Waals surface area contributed by atoms with Gasteiger partial charge in [0.2, 0.25) is 0 Å². The molecule has 2 aliphatic heterocycles. The lowest BCUT2D eigenvalue weighted by Gasteiger charge is -2.40. The molecule has 0 atom stereocenters. The molecule has 0 bridgehead atoms. The highest BCUT2D eigenvalue weighted by atomic mass is 35.5. The summed E-state index contributed by atoms with van der Waals surface area (Å²) >= 11 is 5.92.